The fraction of sp³-hybridized carbons (Fsp3) is 0.389. The molecule has 1 aromatic carbocycles. The minimum absolute atomic E-state index is 0.252. The van der Waals surface area contributed by atoms with Crippen molar-refractivity contribution in [3.05, 3.63) is 48.2 Å². The molecule has 1 atom stereocenters. The van der Waals surface area contributed by atoms with Crippen LogP contribution in [0.4, 0.5) is 0 Å². The third kappa shape index (κ3) is 3.77. The lowest BCUT2D eigenvalue weighted by atomic mass is 10.1. The summed E-state index contributed by atoms with van der Waals surface area (Å²) in [6.45, 7) is 3.49. The van der Waals surface area contributed by atoms with E-state index in [0.717, 1.165) is 42.4 Å². The van der Waals surface area contributed by atoms with Gasteiger partial charge in [-0.25, -0.2) is 4.98 Å². The van der Waals surface area contributed by atoms with Gasteiger partial charge in [-0.2, -0.15) is 4.98 Å². The summed E-state index contributed by atoms with van der Waals surface area (Å²) < 4.78 is 13.3. The van der Waals surface area contributed by atoms with Crippen molar-refractivity contribution in [2.45, 2.75) is 43.3 Å². The minimum atomic E-state index is 0.252. The molecule has 0 N–H and O–H groups in total. The largest absolute Gasteiger partial charge is 0.376 e. The van der Waals surface area contributed by atoms with Gasteiger partial charge in [-0.05, 0) is 25.3 Å². The number of ether oxygens (including phenoxy) is 1. The second-order valence-corrected chi connectivity index (χ2v) is 7.00. The molecular formula is C18H20N4O2S. The van der Waals surface area contributed by atoms with E-state index >= 15 is 0 Å². The van der Waals surface area contributed by atoms with E-state index in [9.17, 15) is 0 Å². The third-order valence-electron chi connectivity index (χ3n) is 4.19. The van der Waals surface area contributed by atoms with Gasteiger partial charge in [0.2, 0.25) is 5.89 Å². The first kappa shape index (κ1) is 16.4. The van der Waals surface area contributed by atoms with E-state index in [1.54, 1.807) is 11.8 Å². The minimum Gasteiger partial charge on any atom is -0.376 e. The van der Waals surface area contributed by atoms with E-state index in [-0.39, 0.29) is 6.10 Å². The van der Waals surface area contributed by atoms with Crippen molar-refractivity contribution in [1.29, 1.82) is 0 Å². The zero-order valence-corrected chi connectivity index (χ0v) is 14.9. The van der Waals surface area contributed by atoms with Gasteiger partial charge in [0.15, 0.2) is 11.0 Å². The lowest BCUT2D eigenvalue weighted by molar-refractivity contribution is 0.0954. The smallest absolute Gasteiger partial charge is 0.237 e. The molecule has 0 saturated carbocycles. The van der Waals surface area contributed by atoms with Crippen molar-refractivity contribution >= 4 is 11.8 Å². The molecular weight excluding hydrogens is 336 g/mol. The predicted molar refractivity (Wildman–Crippen MR) is 95.2 cm³/mol. The number of thioether (sulfide) groups is 1. The number of nitrogens with zero attached hydrogens (tertiary/aromatic N) is 4. The molecule has 25 heavy (non-hydrogen) atoms. The van der Waals surface area contributed by atoms with E-state index in [2.05, 4.69) is 31.8 Å². The molecule has 2 aromatic heterocycles. The number of hydrogen-bond acceptors (Lipinski definition) is 6. The molecule has 3 aromatic rings. The molecule has 130 valence electrons. The van der Waals surface area contributed by atoms with E-state index in [1.165, 1.54) is 0 Å². The lowest BCUT2D eigenvalue weighted by Gasteiger charge is -2.15. The molecule has 0 aliphatic carbocycles. The summed E-state index contributed by atoms with van der Waals surface area (Å²) in [5, 5.41) is 4.79. The first-order valence-corrected chi connectivity index (χ1v) is 9.42. The Balaban J connectivity index is 1.59. The number of rotatable bonds is 6. The van der Waals surface area contributed by atoms with Gasteiger partial charge >= 0.3 is 0 Å². The SMILES string of the molecule is Cc1noc(CSc2ncc(-c3ccccc3)n2CC2CCCO2)n1. The van der Waals surface area contributed by atoms with Crippen LogP contribution in [-0.4, -0.2) is 32.4 Å². The van der Waals surface area contributed by atoms with Crippen LogP contribution < -0.4 is 0 Å². The second kappa shape index (κ2) is 7.41. The van der Waals surface area contributed by atoms with Gasteiger partial charge < -0.3 is 13.8 Å². The Morgan fingerprint density at radius 3 is 2.88 bits per heavy atom. The number of aromatic nitrogens is 4. The van der Waals surface area contributed by atoms with Crippen molar-refractivity contribution in [2.75, 3.05) is 6.61 Å². The molecule has 6 nitrogen and oxygen atoms in total. The quantitative estimate of drug-likeness (QED) is 0.627. The normalized spacial score (nSPS) is 17.2. The van der Waals surface area contributed by atoms with Crippen LogP contribution in [0.3, 0.4) is 0 Å². The molecule has 1 unspecified atom stereocenters. The summed E-state index contributed by atoms with van der Waals surface area (Å²) in [5.74, 6) is 1.89. The second-order valence-electron chi connectivity index (χ2n) is 6.06. The zero-order chi connectivity index (χ0) is 17.1. The highest BCUT2D eigenvalue weighted by molar-refractivity contribution is 7.98. The van der Waals surface area contributed by atoms with Crippen molar-refractivity contribution in [3.63, 3.8) is 0 Å². The maximum atomic E-state index is 5.84. The molecule has 1 fully saturated rings. The van der Waals surface area contributed by atoms with Crippen molar-refractivity contribution in [2.24, 2.45) is 0 Å². The van der Waals surface area contributed by atoms with Gasteiger partial charge in [0, 0.05) is 6.61 Å². The fourth-order valence-electron chi connectivity index (χ4n) is 3.01. The van der Waals surface area contributed by atoms with Crippen LogP contribution in [0.1, 0.15) is 24.6 Å². The molecule has 0 radical (unpaired) electrons. The van der Waals surface area contributed by atoms with Crippen molar-refractivity contribution in [3.8, 4) is 11.3 Å². The summed E-state index contributed by atoms with van der Waals surface area (Å²) in [5.41, 5.74) is 2.27. The van der Waals surface area contributed by atoms with E-state index in [1.807, 2.05) is 31.3 Å². The zero-order valence-electron chi connectivity index (χ0n) is 14.1. The summed E-state index contributed by atoms with van der Waals surface area (Å²) in [6.07, 6.45) is 4.41. The van der Waals surface area contributed by atoms with Crippen LogP contribution in [0.25, 0.3) is 11.3 Å². The van der Waals surface area contributed by atoms with Crippen LogP contribution in [0.5, 0.6) is 0 Å². The molecule has 1 aliphatic rings. The van der Waals surface area contributed by atoms with Crippen molar-refractivity contribution in [1.82, 2.24) is 19.7 Å². The molecule has 7 heteroatoms. The van der Waals surface area contributed by atoms with Crippen LogP contribution in [0.2, 0.25) is 0 Å². The third-order valence-corrected chi connectivity index (χ3v) is 5.17. The lowest BCUT2D eigenvalue weighted by Crippen LogP contribution is -2.16. The first-order valence-electron chi connectivity index (χ1n) is 8.44. The Hall–Kier alpha value is -2.12. The maximum absolute atomic E-state index is 5.84. The Labute approximate surface area is 150 Å². The number of imidazole rings is 1. The Bertz CT molecular complexity index is 825. The molecule has 1 saturated heterocycles. The summed E-state index contributed by atoms with van der Waals surface area (Å²) in [7, 11) is 0. The van der Waals surface area contributed by atoms with E-state index in [4.69, 9.17) is 9.26 Å². The average molecular weight is 356 g/mol. The van der Waals surface area contributed by atoms with Gasteiger partial charge in [0.1, 0.15) is 0 Å². The highest BCUT2D eigenvalue weighted by Gasteiger charge is 2.21. The fourth-order valence-corrected chi connectivity index (χ4v) is 3.83. The van der Waals surface area contributed by atoms with E-state index in [0.29, 0.717) is 17.5 Å². The van der Waals surface area contributed by atoms with Gasteiger partial charge in [-0.3, -0.25) is 0 Å². The maximum Gasteiger partial charge on any atom is 0.237 e. The predicted octanol–water partition coefficient (Wildman–Crippen LogP) is 3.71. The molecule has 0 spiro atoms. The summed E-state index contributed by atoms with van der Waals surface area (Å²) in [6, 6.07) is 10.3. The van der Waals surface area contributed by atoms with Gasteiger partial charge in [0.25, 0.3) is 0 Å². The number of aryl methyl sites for hydroxylation is 1. The highest BCUT2D eigenvalue weighted by atomic mass is 32.2. The Morgan fingerprint density at radius 2 is 2.16 bits per heavy atom. The number of hydrogen-bond donors (Lipinski definition) is 0. The molecule has 3 heterocycles. The van der Waals surface area contributed by atoms with Gasteiger partial charge in [-0.15, -0.1) is 0 Å². The van der Waals surface area contributed by atoms with Crippen molar-refractivity contribution < 1.29 is 9.26 Å². The standard InChI is InChI=1S/C18H20N4O2S/c1-13-20-17(24-21-13)12-25-18-19-10-16(14-6-3-2-4-7-14)22(18)11-15-8-5-9-23-15/h2-4,6-7,10,15H,5,8-9,11-12H2,1H3. The topological polar surface area (TPSA) is 66.0 Å². The Kier molecular flexibility index (Phi) is 4.85. The monoisotopic (exact) mass is 356 g/mol. The van der Waals surface area contributed by atoms with Crippen LogP contribution in [0.15, 0.2) is 46.2 Å². The van der Waals surface area contributed by atoms with Crippen LogP contribution in [-0.2, 0) is 17.0 Å². The molecule has 0 amide bonds. The van der Waals surface area contributed by atoms with Gasteiger partial charge in [-0.1, -0.05) is 47.3 Å². The summed E-state index contributed by atoms with van der Waals surface area (Å²) >= 11 is 1.61. The number of benzene rings is 1. The summed E-state index contributed by atoms with van der Waals surface area (Å²) in [4.78, 5) is 8.90. The van der Waals surface area contributed by atoms with Gasteiger partial charge in [0.05, 0.1) is 30.3 Å². The molecule has 4 rings (SSSR count). The average Bonchev–Trinajstić information content (AvgIpc) is 3.36. The van der Waals surface area contributed by atoms with Crippen LogP contribution in [0, 0.1) is 6.92 Å². The Morgan fingerprint density at radius 1 is 1.28 bits per heavy atom. The van der Waals surface area contributed by atoms with Crippen LogP contribution >= 0.6 is 11.8 Å². The first-order chi connectivity index (χ1) is 12.3. The van der Waals surface area contributed by atoms with E-state index < -0.39 is 0 Å². The highest BCUT2D eigenvalue weighted by Crippen LogP contribution is 2.29. The molecule has 1 aliphatic heterocycles. The molecule has 0 bridgehead atoms.